The normalized spacial score (nSPS) is 10.8. The molecule has 3 rings (SSSR count). The van der Waals surface area contributed by atoms with E-state index in [0.717, 1.165) is 16.3 Å². The molecule has 0 fully saturated rings. The van der Waals surface area contributed by atoms with Crippen molar-refractivity contribution in [2.75, 3.05) is 5.32 Å². The van der Waals surface area contributed by atoms with Crippen LogP contribution < -0.4 is 5.32 Å². The van der Waals surface area contributed by atoms with Crippen molar-refractivity contribution in [1.82, 2.24) is 14.8 Å². The highest BCUT2D eigenvalue weighted by Crippen LogP contribution is 2.25. The minimum atomic E-state index is -0.271. The first kappa shape index (κ1) is 15.7. The van der Waals surface area contributed by atoms with Crippen molar-refractivity contribution in [3.8, 4) is 11.3 Å². The number of carbonyl (C=O) groups is 1. The number of benzene rings is 1. The number of rotatable bonds is 3. The van der Waals surface area contributed by atoms with Crippen LogP contribution in [0.2, 0.25) is 5.15 Å². The third kappa shape index (κ3) is 3.13. The van der Waals surface area contributed by atoms with Gasteiger partial charge in [-0.2, -0.15) is 5.10 Å². The van der Waals surface area contributed by atoms with Gasteiger partial charge in [0, 0.05) is 23.7 Å². The lowest BCUT2D eigenvalue weighted by atomic mass is 10.1. The standard InChI is InChI=1S/C16H15ClN4OS/c1-9-14(15(17)21(3)20-9)16(22)19-12-6-4-5-11(7-12)13-8-23-10(2)18-13/h4-8H,1-3H3,(H,19,22). The van der Waals surface area contributed by atoms with Crippen molar-refractivity contribution in [3.63, 3.8) is 0 Å². The van der Waals surface area contributed by atoms with Crippen LogP contribution in [0.25, 0.3) is 11.3 Å². The van der Waals surface area contributed by atoms with Crippen LogP contribution >= 0.6 is 22.9 Å². The van der Waals surface area contributed by atoms with Crippen molar-refractivity contribution in [2.45, 2.75) is 13.8 Å². The molecule has 0 aliphatic heterocycles. The minimum absolute atomic E-state index is 0.271. The molecule has 5 nitrogen and oxygen atoms in total. The van der Waals surface area contributed by atoms with Gasteiger partial charge in [-0.3, -0.25) is 9.48 Å². The Morgan fingerprint density at radius 1 is 1.35 bits per heavy atom. The largest absolute Gasteiger partial charge is 0.322 e. The highest BCUT2D eigenvalue weighted by molar-refractivity contribution is 7.09. The number of amides is 1. The average molecular weight is 347 g/mol. The fourth-order valence-electron chi connectivity index (χ4n) is 2.33. The van der Waals surface area contributed by atoms with Crippen molar-refractivity contribution in [3.05, 3.63) is 51.1 Å². The smallest absolute Gasteiger partial charge is 0.260 e. The van der Waals surface area contributed by atoms with Crippen molar-refractivity contribution < 1.29 is 4.79 Å². The highest BCUT2D eigenvalue weighted by atomic mass is 35.5. The van der Waals surface area contributed by atoms with Crippen molar-refractivity contribution in [1.29, 1.82) is 0 Å². The Bertz CT molecular complexity index is 884. The van der Waals surface area contributed by atoms with Gasteiger partial charge in [-0.15, -0.1) is 11.3 Å². The molecule has 3 aromatic rings. The Balaban J connectivity index is 1.87. The summed E-state index contributed by atoms with van der Waals surface area (Å²) in [5.74, 6) is -0.271. The Morgan fingerprint density at radius 2 is 2.13 bits per heavy atom. The lowest BCUT2D eigenvalue weighted by molar-refractivity contribution is 0.102. The summed E-state index contributed by atoms with van der Waals surface area (Å²) in [5.41, 5.74) is 3.54. The molecule has 23 heavy (non-hydrogen) atoms. The van der Waals surface area contributed by atoms with E-state index >= 15 is 0 Å². The number of anilines is 1. The van der Waals surface area contributed by atoms with Crippen LogP contribution in [0, 0.1) is 13.8 Å². The Labute approximate surface area is 142 Å². The van der Waals surface area contributed by atoms with E-state index in [9.17, 15) is 4.79 Å². The van der Waals surface area contributed by atoms with E-state index in [-0.39, 0.29) is 5.91 Å². The number of hydrogen-bond acceptors (Lipinski definition) is 4. The topological polar surface area (TPSA) is 59.8 Å². The summed E-state index contributed by atoms with van der Waals surface area (Å²) in [6.45, 7) is 3.72. The van der Waals surface area contributed by atoms with Gasteiger partial charge in [0.25, 0.3) is 5.91 Å². The quantitative estimate of drug-likeness (QED) is 0.777. The molecule has 0 aliphatic rings. The second kappa shape index (κ2) is 6.14. The predicted octanol–water partition coefficient (Wildman–Crippen LogP) is 4.07. The fraction of sp³-hybridized carbons (Fsp3) is 0.188. The van der Waals surface area contributed by atoms with E-state index < -0.39 is 0 Å². The van der Waals surface area contributed by atoms with Crippen LogP contribution in [-0.4, -0.2) is 20.7 Å². The maximum atomic E-state index is 12.5. The van der Waals surface area contributed by atoms with E-state index in [1.54, 1.807) is 25.3 Å². The van der Waals surface area contributed by atoms with Gasteiger partial charge < -0.3 is 5.32 Å². The van der Waals surface area contributed by atoms with Gasteiger partial charge in [-0.05, 0) is 26.0 Å². The maximum Gasteiger partial charge on any atom is 0.260 e. The molecule has 0 atom stereocenters. The first-order chi connectivity index (χ1) is 11.0. The van der Waals surface area contributed by atoms with Crippen LogP contribution in [0.15, 0.2) is 29.6 Å². The summed E-state index contributed by atoms with van der Waals surface area (Å²) in [4.78, 5) is 16.9. The molecule has 0 saturated carbocycles. The maximum absolute atomic E-state index is 12.5. The lowest BCUT2D eigenvalue weighted by Crippen LogP contribution is -2.13. The van der Waals surface area contributed by atoms with E-state index in [0.29, 0.717) is 22.1 Å². The third-order valence-electron chi connectivity index (χ3n) is 3.41. The first-order valence-corrected chi connectivity index (χ1v) is 8.24. The summed E-state index contributed by atoms with van der Waals surface area (Å²) >= 11 is 7.73. The summed E-state index contributed by atoms with van der Waals surface area (Å²) in [6, 6.07) is 7.58. The van der Waals surface area contributed by atoms with Crippen molar-refractivity contribution >= 4 is 34.5 Å². The number of thiazole rings is 1. The Kier molecular flexibility index (Phi) is 4.19. The van der Waals surface area contributed by atoms with E-state index in [1.807, 2.05) is 36.6 Å². The molecule has 7 heteroatoms. The number of carbonyl (C=O) groups excluding carboxylic acids is 1. The van der Waals surface area contributed by atoms with Crippen LogP contribution in [0.4, 0.5) is 5.69 Å². The molecule has 2 heterocycles. The number of hydrogen-bond donors (Lipinski definition) is 1. The molecule has 0 saturated heterocycles. The zero-order chi connectivity index (χ0) is 16.6. The van der Waals surface area contributed by atoms with E-state index in [4.69, 9.17) is 11.6 Å². The number of nitrogens with zero attached hydrogens (tertiary/aromatic N) is 3. The van der Waals surface area contributed by atoms with Gasteiger partial charge in [-0.25, -0.2) is 4.98 Å². The zero-order valence-corrected chi connectivity index (χ0v) is 14.5. The molecule has 1 aromatic carbocycles. The van der Waals surface area contributed by atoms with Gasteiger partial charge in [-0.1, -0.05) is 23.7 Å². The minimum Gasteiger partial charge on any atom is -0.322 e. The second-order valence-corrected chi connectivity index (χ2v) is 6.58. The number of aromatic nitrogens is 3. The Hall–Kier alpha value is -2.18. The molecule has 1 N–H and O–H groups in total. The number of halogens is 1. The van der Waals surface area contributed by atoms with Crippen LogP contribution in [0.5, 0.6) is 0 Å². The molecule has 0 aliphatic carbocycles. The van der Waals surface area contributed by atoms with Crippen LogP contribution in [-0.2, 0) is 7.05 Å². The van der Waals surface area contributed by atoms with Gasteiger partial charge in [0.05, 0.1) is 22.0 Å². The molecule has 0 radical (unpaired) electrons. The molecule has 2 aromatic heterocycles. The van der Waals surface area contributed by atoms with E-state index in [2.05, 4.69) is 15.4 Å². The van der Waals surface area contributed by atoms with Crippen molar-refractivity contribution in [2.24, 2.45) is 7.05 Å². The zero-order valence-electron chi connectivity index (χ0n) is 12.9. The molecular weight excluding hydrogens is 332 g/mol. The van der Waals surface area contributed by atoms with Gasteiger partial charge >= 0.3 is 0 Å². The second-order valence-electron chi connectivity index (χ2n) is 5.16. The molecule has 1 amide bonds. The summed E-state index contributed by atoms with van der Waals surface area (Å²) in [6.07, 6.45) is 0. The molecule has 0 spiro atoms. The third-order valence-corrected chi connectivity index (χ3v) is 4.62. The van der Waals surface area contributed by atoms with Gasteiger partial charge in [0.1, 0.15) is 5.15 Å². The first-order valence-electron chi connectivity index (χ1n) is 6.98. The Morgan fingerprint density at radius 3 is 2.74 bits per heavy atom. The molecule has 0 unspecified atom stereocenters. The monoisotopic (exact) mass is 346 g/mol. The predicted molar refractivity (Wildman–Crippen MR) is 93.2 cm³/mol. The molecule has 118 valence electrons. The van der Waals surface area contributed by atoms with Crippen LogP contribution in [0.1, 0.15) is 21.1 Å². The van der Waals surface area contributed by atoms with E-state index in [1.165, 1.54) is 4.68 Å². The summed E-state index contributed by atoms with van der Waals surface area (Å²) in [5, 5.41) is 10.4. The van der Waals surface area contributed by atoms with Gasteiger partial charge in [0.15, 0.2) is 0 Å². The molecular formula is C16H15ClN4OS. The average Bonchev–Trinajstić information content (AvgIpc) is 3.03. The number of nitrogens with one attached hydrogen (secondary N) is 1. The van der Waals surface area contributed by atoms with Crippen LogP contribution in [0.3, 0.4) is 0 Å². The fourth-order valence-corrected chi connectivity index (χ4v) is 3.22. The summed E-state index contributed by atoms with van der Waals surface area (Å²) < 4.78 is 1.49. The highest BCUT2D eigenvalue weighted by Gasteiger charge is 2.19. The number of aryl methyl sites for hydroxylation is 3. The molecule has 0 bridgehead atoms. The lowest BCUT2D eigenvalue weighted by Gasteiger charge is -2.06. The summed E-state index contributed by atoms with van der Waals surface area (Å²) in [7, 11) is 1.71. The van der Waals surface area contributed by atoms with Gasteiger partial charge in [0.2, 0.25) is 0 Å². The SMILES string of the molecule is Cc1nc(-c2cccc(NC(=O)c3c(C)nn(C)c3Cl)c2)cs1.